The number of likely N-dealkylation sites (tertiary alicyclic amines) is 1. The lowest BCUT2D eigenvalue weighted by molar-refractivity contribution is -0.0932. The van der Waals surface area contributed by atoms with Crippen LogP contribution in [0.2, 0.25) is 0 Å². The molecule has 2 N–H and O–H groups in total. The highest BCUT2D eigenvalue weighted by Gasteiger charge is 2.53. The predicted molar refractivity (Wildman–Crippen MR) is 90.2 cm³/mol. The molecule has 2 atom stereocenters. The molecule has 0 aromatic heterocycles. The molecule has 2 unspecified atom stereocenters. The largest absolute Gasteiger partial charge is 0.328 e. The molecule has 0 spiro atoms. The van der Waals surface area contributed by atoms with Crippen LogP contribution in [0.25, 0.3) is 0 Å². The van der Waals surface area contributed by atoms with Gasteiger partial charge in [0.15, 0.2) is 0 Å². The second-order valence-electron chi connectivity index (χ2n) is 10.1. The average Bonchev–Trinajstić information content (AvgIpc) is 2.27. The molecule has 3 saturated carbocycles. The van der Waals surface area contributed by atoms with Crippen LogP contribution in [0.3, 0.4) is 0 Å². The second-order valence-corrected chi connectivity index (χ2v) is 10.1. The van der Waals surface area contributed by atoms with Crippen molar-refractivity contribution in [3.8, 4) is 0 Å². The fourth-order valence-corrected chi connectivity index (χ4v) is 6.91. The molecule has 4 rings (SSSR count). The molecule has 4 fully saturated rings. The Labute approximate surface area is 131 Å². The van der Waals surface area contributed by atoms with Crippen molar-refractivity contribution in [1.82, 2.24) is 4.90 Å². The zero-order chi connectivity index (χ0) is 15.3. The number of fused-ring (bicyclic) bond motifs is 4. The van der Waals surface area contributed by atoms with Crippen LogP contribution in [0.4, 0.5) is 0 Å². The summed E-state index contributed by atoms with van der Waals surface area (Å²) in [4.78, 5) is 2.71. The van der Waals surface area contributed by atoms with Gasteiger partial charge in [-0.15, -0.1) is 0 Å². The number of nitrogens with two attached hydrogens (primary N) is 1. The minimum absolute atomic E-state index is 0.454. The Morgan fingerprint density at radius 2 is 1.57 bits per heavy atom. The summed E-state index contributed by atoms with van der Waals surface area (Å²) in [5, 5.41) is 0. The van der Waals surface area contributed by atoms with Gasteiger partial charge in [-0.3, -0.25) is 0 Å². The van der Waals surface area contributed by atoms with E-state index in [0.29, 0.717) is 22.3 Å². The van der Waals surface area contributed by atoms with Gasteiger partial charge in [-0.1, -0.05) is 27.7 Å². The maximum absolute atomic E-state index is 6.07. The fourth-order valence-electron chi connectivity index (χ4n) is 6.91. The lowest BCUT2D eigenvalue weighted by Gasteiger charge is -2.60. The molecule has 122 valence electrons. The number of hydrogen-bond donors (Lipinski definition) is 1. The van der Waals surface area contributed by atoms with E-state index >= 15 is 0 Å². The smallest absolute Gasteiger partial charge is 0.00631 e. The molecule has 1 aliphatic heterocycles. The molecule has 2 bridgehead atoms. The Kier molecular flexibility index (Phi) is 3.94. The zero-order valence-corrected chi connectivity index (χ0v) is 14.8. The molecule has 21 heavy (non-hydrogen) atoms. The first-order valence-electron chi connectivity index (χ1n) is 9.17. The summed E-state index contributed by atoms with van der Waals surface area (Å²) in [6.07, 6.45) is 9.61. The van der Waals surface area contributed by atoms with Crippen LogP contribution in [-0.2, 0) is 0 Å². The van der Waals surface area contributed by atoms with Gasteiger partial charge in [0.05, 0.1) is 0 Å². The Hall–Kier alpha value is -0.0800. The summed E-state index contributed by atoms with van der Waals surface area (Å²) in [7, 11) is 0. The molecule has 2 heteroatoms. The van der Waals surface area contributed by atoms with Crippen molar-refractivity contribution in [3.05, 3.63) is 0 Å². The van der Waals surface area contributed by atoms with Crippen LogP contribution < -0.4 is 5.73 Å². The number of piperidine rings is 1. The van der Waals surface area contributed by atoms with Crippen molar-refractivity contribution in [2.75, 3.05) is 19.6 Å². The van der Waals surface area contributed by atoms with Crippen molar-refractivity contribution in [2.45, 2.75) is 78.7 Å². The summed E-state index contributed by atoms with van der Waals surface area (Å²) in [6, 6.07) is 0.454. The molecule has 0 radical (unpaired) electrons. The van der Waals surface area contributed by atoms with Gasteiger partial charge >= 0.3 is 0 Å². The van der Waals surface area contributed by atoms with Crippen LogP contribution in [-0.4, -0.2) is 30.6 Å². The summed E-state index contributed by atoms with van der Waals surface area (Å²) in [5.41, 5.74) is 7.86. The van der Waals surface area contributed by atoms with E-state index in [0.717, 1.165) is 5.92 Å². The third-order valence-electron chi connectivity index (χ3n) is 6.48. The predicted octanol–water partition coefficient (Wildman–Crippen LogP) is 4.04. The SMILES string of the molecule is CC1CC(C)(CN2CCC(N)CC2)CC2(C)CC(C)(C1)C2. The Morgan fingerprint density at radius 3 is 2.19 bits per heavy atom. The first kappa shape index (κ1) is 15.8. The van der Waals surface area contributed by atoms with Crippen LogP contribution in [0, 0.1) is 22.2 Å². The number of rotatable bonds is 2. The van der Waals surface area contributed by atoms with Crippen LogP contribution >= 0.6 is 0 Å². The van der Waals surface area contributed by atoms with Gasteiger partial charge in [-0.05, 0) is 80.2 Å². The Balaban J connectivity index is 1.67. The van der Waals surface area contributed by atoms with Gasteiger partial charge in [0.2, 0.25) is 0 Å². The van der Waals surface area contributed by atoms with Crippen molar-refractivity contribution in [3.63, 3.8) is 0 Å². The number of hydrogen-bond acceptors (Lipinski definition) is 2. The van der Waals surface area contributed by atoms with E-state index in [1.807, 2.05) is 0 Å². The quantitative estimate of drug-likeness (QED) is 0.832. The van der Waals surface area contributed by atoms with E-state index in [4.69, 9.17) is 5.73 Å². The molecule has 3 aliphatic carbocycles. The normalized spacial score (nSPS) is 49.3. The molecular weight excluding hydrogens is 256 g/mol. The summed E-state index contributed by atoms with van der Waals surface area (Å²) in [6.45, 7) is 13.9. The van der Waals surface area contributed by atoms with Gasteiger partial charge < -0.3 is 10.6 Å². The lowest BCUT2D eigenvalue weighted by Crippen LogP contribution is -2.52. The van der Waals surface area contributed by atoms with Crippen molar-refractivity contribution < 1.29 is 0 Å². The average molecular weight is 293 g/mol. The van der Waals surface area contributed by atoms with Gasteiger partial charge in [-0.25, -0.2) is 0 Å². The van der Waals surface area contributed by atoms with Crippen molar-refractivity contribution in [1.29, 1.82) is 0 Å². The van der Waals surface area contributed by atoms with Crippen LogP contribution in [0.5, 0.6) is 0 Å². The minimum atomic E-state index is 0.454. The van der Waals surface area contributed by atoms with Gasteiger partial charge in [0.1, 0.15) is 0 Å². The third kappa shape index (κ3) is 3.47. The van der Waals surface area contributed by atoms with Gasteiger partial charge in [0, 0.05) is 12.6 Å². The minimum Gasteiger partial charge on any atom is -0.328 e. The van der Waals surface area contributed by atoms with E-state index in [-0.39, 0.29) is 0 Å². The molecule has 0 amide bonds. The third-order valence-corrected chi connectivity index (χ3v) is 6.48. The Morgan fingerprint density at radius 1 is 0.952 bits per heavy atom. The van der Waals surface area contributed by atoms with Gasteiger partial charge in [0.25, 0.3) is 0 Å². The first-order valence-corrected chi connectivity index (χ1v) is 9.17. The van der Waals surface area contributed by atoms with E-state index in [9.17, 15) is 0 Å². The molecule has 2 nitrogen and oxygen atoms in total. The summed E-state index contributed by atoms with van der Waals surface area (Å²) in [5.74, 6) is 0.886. The first-order chi connectivity index (χ1) is 9.69. The molecular formula is C19H36N2. The molecule has 0 aromatic rings. The van der Waals surface area contributed by atoms with E-state index in [1.165, 1.54) is 64.6 Å². The standard InChI is InChI=1S/C19H36N2/c1-15-9-17(2)11-19(4,12-17)13-18(3,10-15)14-21-7-5-16(20)6-8-21/h15-16H,5-14,20H2,1-4H3. The van der Waals surface area contributed by atoms with E-state index in [2.05, 4.69) is 32.6 Å². The summed E-state index contributed by atoms with van der Waals surface area (Å²) >= 11 is 0. The number of nitrogens with zero attached hydrogens (tertiary/aromatic N) is 1. The monoisotopic (exact) mass is 292 g/mol. The fraction of sp³-hybridized carbons (Fsp3) is 1.00. The van der Waals surface area contributed by atoms with E-state index in [1.54, 1.807) is 0 Å². The Bertz CT molecular complexity index is 372. The van der Waals surface area contributed by atoms with Gasteiger partial charge in [-0.2, -0.15) is 0 Å². The maximum atomic E-state index is 6.07. The molecule has 4 aliphatic rings. The maximum Gasteiger partial charge on any atom is 0.00631 e. The second kappa shape index (κ2) is 5.23. The van der Waals surface area contributed by atoms with Crippen LogP contribution in [0.1, 0.15) is 72.6 Å². The highest BCUT2D eigenvalue weighted by Crippen LogP contribution is 2.64. The lowest BCUT2D eigenvalue weighted by atomic mass is 9.46. The van der Waals surface area contributed by atoms with Crippen LogP contribution in [0.15, 0.2) is 0 Å². The molecule has 0 aromatic carbocycles. The molecule has 1 saturated heterocycles. The molecule has 1 heterocycles. The van der Waals surface area contributed by atoms with Crippen molar-refractivity contribution >= 4 is 0 Å². The zero-order valence-electron chi connectivity index (χ0n) is 14.8. The highest BCUT2D eigenvalue weighted by molar-refractivity contribution is 5.04. The topological polar surface area (TPSA) is 29.3 Å². The van der Waals surface area contributed by atoms with E-state index < -0.39 is 0 Å². The highest BCUT2D eigenvalue weighted by atomic mass is 15.1. The summed E-state index contributed by atoms with van der Waals surface area (Å²) < 4.78 is 0. The van der Waals surface area contributed by atoms with Crippen molar-refractivity contribution in [2.24, 2.45) is 27.9 Å².